The maximum Gasteiger partial charge on any atom is 0.360 e. The maximum absolute atomic E-state index is 11.6. The molecular formula is C15H15NO3. The molecule has 4 nitrogen and oxygen atoms in total. The average molecular weight is 257 g/mol. The van der Waals surface area contributed by atoms with E-state index in [0.717, 1.165) is 5.56 Å². The van der Waals surface area contributed by atoms with Gasteiger partial charge >= 0.3 is 5.97 Å². The summed E-state index contributed by atoms with van der Waals surface area (Å²) in [4.78, 5) is 15.7. The molecule has 0 atom stereocenters. The van der Waals surface area contributed by atoms with Crippen LogP contribution in [0.25, 0.3) is 12.2 Å². The van der Waals surface area contributed by atoms with Gasteiger partial charge in [-0.3, -0.25) is 0 Å². The van der Waals surface area contributed by atoms with Crippen molar-refractivity contribution in [1.82, 2.24) is 4.98 Å². The number of benzene rings is 1. The first-order valence-electron chi connectivity index (χ1n) is 6.08. The highest BCUT2D eigenvalue weighted by molar-refractivity contribution is 5.88. The number of rotatable bonds is 4. The van der Waals surface area contributed by atoms with E-state index in [-0.39, 0.29) is 5.69 Å². The van der Waals surface area contributed by atoms with Gasteiger partial charge in [0.15, 0.2) is 5.69 Å². The Morgan fingerprint density at radius 1 is 1.32 bits per heavy atom. The van der Waals surface area contributed by atoms with E-state index in [1.54, 1.807) is 19.9 Å². The number of carbonyl (C=O) groups is 1. The maximum atomic E-state index is 11.6. The van der Waals surface area contributed by atoms with Crippen LogP contribution in [0.1, 0.15) is 34.6 Å². The Balaban J connectivity index is 2.16. The zero-order valence-corrected chi connectivity index (χ0v) is 10.9. The summed E-state index contributed by atoms with van der Waals surface area (Å²) >= 11 is 0. The van der Waals surface area contributed by atoms with Crippen LogP contribution in [0.5, 0.6) is 0 Å². The number of esters is 1. The van der Waals surface area contributed by atoms with Crippen LogP contribution in [0.4, 0.5) is 0 Å². The minimum atomic E-state index is -0.455. The minimum absolute atomic E-state index is 0.231. The molecule has 2 rings (SSSR count). The van der Waals surface area contributed by atoms with Gasteiger partial charge in [0.25, 0.3) is 0 Å². The zero-order chi connectivity index (χ0) is 13.7. The molecule has 0 bridgehead atoms. The molecule has 0 saturated heterocycles. The summed E-state index contributed by atoms with van der Waals surface area (Å²) in [6.07, 6.45) is 3.60. The van der Waals surface area contributed by atoms with Gasteiger partial charge in [0.2, 0.25) is 5.89 Å². The average Bonchev–Trinajstić information content (AvgIpc) is 2.79. The number of aromatic nitrogens is 1. The highest BCUT2D eigenvalue weighted by Crippen LogP contribution is 2.14. The summed E-state index contributed by atoms with van der Waals surface area (Å²) in [5, 5.41) is 0. The van der Waals surface area contributed by atoms with Crippen LogP contribution < -0.4 is 0 Å². The molecule has 0 saturated carbocycles. The van der Waals surface area contributed by atoms with Gasteiger partial charge in [0, 0.05) is 6.08 Å². The Morgan fingerprint density at radius 2 is 2.05 bits per heavy atom. The fraction of sp³-hybridized carbons (Fsp3) is 0.200. The number of carbonyl (C=O) groups excluding carboxylic acids is 1. The van der Waals surface area contributed by atoms with Crippen molar-refractivity contribution in [2.75, 3.05) is 6.61 Å². The van der Waals surface area contributed by atoms with Gasteiger partial charge in [-0.1, -0.05) is 30.3 Å². The molecule has 98 valence electrons. The normalized spacial score (nSPS) is 10.8. The molecule has 0 amide bonds. The summed E-state index contributed by atoms with van der Waals surface area (Å²) in [6, 6.07) is 9.79. The van der Waals surface area contributed by atoms with E-state index in [1.807, 2.05) is 36.4 Å². The van der Waals surface area contributed by atoms with E-state index in [4.69, 9.17) is 9.15 Å². The Hall–Kier alpha value is -2.36. The van der Waals surface area contributed by atoms with Crippen LogP contribution in [0.2, 0.25) is 0 Å². The van der Waals surface area contributed by atoms with Crippen LogP contribution >= 0.6 is 0 Å². The number of ether oxygens (including phenoxy) is 1. The smallest absolute Gasteiger partial charge is 0.360 e. The Bertz CT molecular complexity index is 585. The summed E-state index contributed by atoms with van der Waals surface area (Å²) in [7, 11) is 0. The van der Waals surface area contributed by atoms with Crippen LogP contribution in [-0.4, -0.2) is 17.6 Å². The van der Waals surface area contributed by atoms with Gasteiger partial charge in [-0.15, -0.1) is 0 Å². The molecule has 0 unspecified atom stereocenters. The molecule has 19 heavy (non-hydrogen) atoms. The van der Waals surface area contributed by atoms with Gasteiger partial charge in [-0.05, 0) is 25.5 Å². The second kappa shape index (κ2) is 6.00. The summed E-state index contributed by atoms with van der Waals surface area (Å²) in [5.74, 6) is 0.402. The Morgan fingerprint density at radius 3 is 2.74 bits per heavy atom. The van der Waals surface area contributed by atoms with Crippen LogP contribution in [0.15, 0.2) is 34.7 Å². The first-order valence-corrected chi connectivity index (χ1v) is 6.08. The summed E-state index contributed by atoms with van der Waals surface area (Å²) < 4.78 is 10.3. The third-order valence-corrected chi connectivity index (χ3v) is 2.50. The Labute approximate surface area is 111 Å². The van der Waals surface area contributed by atoms with E-state index in [2.05, 4.69) is 4.98 Å². The highest BCUT2D eigenvalue weighted by atomic mass is 16.5. The fourth-order valence-corrected chi connectivity index (χ4v) is 1.61. The standard InChI is InChI=1S/C15H15NO3/c1-3-18-15(17)14-11(2)19-13(16-14)10-9-12-7-5-4-6-8-12/h4-10H,3H2,1-2H3/b10-9+. The second-order valence-electron chi connectivity index (χ2n) is 3.92. The molecule has 0 aliphatic carbocycles. The quantitative estimate of drug-likeness (QED) is 0.788. The zero-order valence-electron chi connectivity index (χ0n) is 10.9. The molecule has 0 aliphatic rings. The van der Waals surface area contributed by atoms with E-state index in [1.165, 1.54) is 0 Å². The molecule has 0 radical (unpaired) electrons. The molecule has 4 heteroatoms. The summed E-state index contributed by atoms with van der Waals surface area (Å²) in [6.45, 7) is 3.77. The van der Waals surface area contributed by atoms with E-state index >= 15 is 0 Å². The van der Waals surface area contributed by atoms with Crippen LogP contribution in [0.3, 0.4) is 0 Å². The van der Waals surface area contributed by atoms with Crippen molar-refractivity contribution >= 4 is 18.1 Å². The molecule has 0 N–H and O–H groups in total. The molecule has 0 spiro atoms. The van der Waals surface area contributed by atoms with Crippen LogP contribution in [0, 0.1) is 6.92 Å². The van der Waals surface area contributed by atoms with Crippen molar-refractivity contribution in [2.24, 2.45) is 0 Å². The summed E-state index contributed by atoms with van der Waals surface area (Å²) in [5.41, 5.74) is 1.27. The number of hydrogen-bond donors (Lipinski definition) is 0. The largest absolute Gasteiger partial charge is 0.461 e. The lowest BCUT2D eigenvalue weighted by Gasteiger charge is -1.96. The van der Waals surface area contributed by atoms with Crippen molar-refractivity contribution in [1.29, 1.82) is 0 Å². The van der Waals surface area contributed by atoms with Gasteiger partial charge in [0.05, 0.1) is 6.61 Å². The van der Waals surface area contributed by atoms with Crippen molar-refractivity contribution in [3.8, 4) is 0 Å². The lowest BCUT2D eigenvalue weighted by atomic mass is 10.2. The third-order valence-electron chi connectivity index (χ3n) is 2.50. The monoisotopic (exact) mass is 257 g/mol. The van der Waals surface area contributed by atoms with Gasteiger partial charge in [-0.2, -0.15) is 0 Å². The van der Waals surface area contributed by atoms with Crippen molar-refractivity contribution in [2.45, 2.75) is 13.8 Å². The van der Waals surface area contributed by atoms with Crippen molar-refractivity contribution in [3.63, 3.8) is 0 Å². The predicted octanol–water partition coefficient (Wildman–Crippen LogP) is 3.33. The number of aryl methyl sites for hydroxylation is 1. The number of hydrogen-bond acceptors (Lipinski definition) is 4. The van der Waals surface area contributed by atoms with Gasteiger partial charge in [-0.25, -0.2) is 9.78 Å². The van der Waals surface area contributed by atoms with Crippen molar-refractivity contribution in [3.05, 3.63) is 53.2 Å². The molecule has 0 fully saturated rings. The van der Waals surface area contributed by atoms with E-state index < -0.39 is 5.97 Å². The van der Waals surface area contributed by atoms with E-state index in [0.29, 0.717) is 18.3 Å². The molecule has 2 aromatic rings. The Kier molecular flexibility index (Phi) is 4.13. The lowest BCUT2D eigenvalue weighted by molar-refractivity contribution is 0.0518. The lowest BCUT2D eigenvalue weighted by Crippen LogP contribution is -2.06. The second-order valence-corrected chi connectivity index (χ2v) is 3.92. The molecular weight excluding hydrogens is 242 g/mol. The molecule has 0 aliphatic heterocycles. The third kappa shape index (κ3) is 3.31. The topological polar surface area (TPSA) is 52.3 Å². The fourth-order valence-electron chi connectivity index (χ4n) is 1.61. The first-order chi connectivity index (χ1) is 9.20. The number of nitrogens with zero attached hydrogens (tertiary/aromatic N) is 1. The minimum Gasteiger partial charge on any atom is -0.461 e. The van der Waals surface area contributed by atoms with E-state index in [9.17, 15) is 4.79 Å². The number of oxazole rings is 1. The van der Waals surface area contributed by atoms with Gasteiger partial charge < -0.3 is 9.15 Å². The van der Waals surface area contributed by atoms with Crippen molar-refractivity contribution < 1.29 is 13.9 Å². The predicted molar refractivity (Wildman–Crippen MR) is 72.6 cm³/mol. The first kappa shape index (κ1) is 13.1. The van der Waals surface area contributed by atoms with Crippen LogP contribution in [-0.2, 0) is 4.74 Å². The SMILES string of the molecule is CCOC(=O)c1nc(/C=C/c2ccccc2)oc1C. The molecule has 1 aromatic heterocycles. The molecule has 1 heterocycles. The molecule has 1 aromatic carbocycles. The highest BCUT2D eigenvalue weighted by Gasteiger charge is 2.16. The van der Waals surface area contributed by atoms with Gasteiger partial charge in [0.1, 0.15) is 5.76 Å².